The van der Waals surface area contributed by atoms with Crippen LogP contribution in [0.1, 0.15) is 17.0 Å². The Labute approximate surface area is 140 Å². The summed E-state index contributed by atoms with van der Waals surface area (Å²) in [5.41, 5.74) is 3.25. The number of nitrogens with one attached hydrogen (secondary N) is 2. The number of rotatable bonds is 5. The minimum Gasteiger partial charge on any atom is -0.326 e. The van der Waals surface area contributed by atoms with Crippen LogP contribution in [0.5, 0.6) is 0 Å². The Balaban J connectivity index is 1.67. The zero-order valence-electron chi connectivity index (χ0n) is 13.5. The maximum absolute atomic E-state index is 12.6. The molecule has 6 heteroatoms. The van der Waals surface area contributed by atoms with Crippen molar-refractivity contribution in [1.29, 1.82) is 0 Å². The second kappa shape index (κ2) is 7.19. The number of aryl methyl sites for hydroxylation is 1. The summed E-state index contributed by atoms with van der Waals surface area (Å²) in [7, 11) is 1.90. The van der Waals surface area contributed by atoms with Crippen molar-refractivity contribution >= 4 is 23.4 Å². The quantitative estimate of drug-likeness (QED) is 0.883. The molecule has 2 heterocycles. The van der Waals surface area contributed by atoms with Gasteiger partial charge in [-0.05, 0) is 29.5 Å². The summed E-state index contributed by atoms with van der Waals surface area (Å²) in [5, 5.41) is 10.6. The van der Waals surface area contributed by atoms with Gasteiger partial charge in [-0.1, -0.05) is 12.1 Å². The van der Waals surface area contributed by atoms with Gasteiger partial charge in [0.15, 0.2) is 0 Å². The van der Waals surface area contributed by atoms with Crippen molar-refractivity contribution in [3.8, 4) is 0 Å². The Bertz CT molecular complexity index is 667. The van der Waals surface area contributed by atoms with E-state index in [4.69, 9.17) is 0 Å². The number of benzene rings is 1. The zero-order valence-corrected chi connectivity index (χ0v) is 14.3. The van der Waals surface area contributed by atoms with Crippen LogP contribution in [0.2, 0.25) is 0 Å². The predicted molar refractivity (Wildman–Crippen MR) is 94.6 cm³/mol. The summed E-state index contributed by atoms with van der Waals surface area (Å²) < 4.78 is 1.78. The van der Waals surface area contributed by atoms with Gasteiger partial charge in [0, 0.05) is 43.7 Å². The first-order valence-electron chi connectivity index (χ1n) is 7.75. The smallest absolute Gasteiger partial charge is 0.229 e. The van der Waals surface area contributed by atoms with E-state index >= 15 is 0 Å². The summed E-state index contributed by atoms with van der Waals surface area (Å²) in [6, 6.07) is 8.09. The van der Waals surface area contributed by atoms with Gasteiger partial charge >= 0.3 is 0 Å². The second-order valence-electron chi connectivity index (χ2n) is 5.94. The molecule has 1 saturated heterocycles. The second-order valence-corrected chi connectivity index (χ2v) is 6.80. The lowest BCUT2D eigenvalue weighted by atomic mass is 9.90. The van der Waals surface area contributed by atoms with Crippen molar-refractivity contribution in [2.75, 3.05) is 24.7 Å². The topological polar surface area (TPSA) is 59.0 Å². The van der Waals surface area contributed by atoms with Gasteiger partial charge in [-0.25, -0.2) is 0 Å². The first-order chi connectivity index (χ1) is 11.2. The largest absolute Gasteiger partial charge is 0.326 e. The monoisotopic (exact) mass is 330 g/mol. The molecule has 122 valence electrons. The number of aromatic nitrogens is 2. The molecule has 1 aliphatic heterocycles. The van der Waals surface area contributed by atoms with Crippen LogP contribution in [0, 0.1) is 5.92 Å². The van der Waals surface area contributed by atoms with E-state index in [1.54, 1.807) is 16.4 Å². The van der Waals surface area contributed by atoms with Crippen LogP contribution < -0.4 is 10.6 Å². The van der Waals surface area contributed by atoms with Gasteiger partial charge in [0.05, 0.1) is 12.1 Å². The number of carbonyl (C=O) groups is 1. The molecule has 0 aliphatic carbocycles. The maximum atomic E-state index is 12.6. The fourth-order valence-electron chi connectivity index (χ4n) is 3.02. The van der Waals surface area contributed by atoms with Crippen LogP contribution in [0.3, 0.4) is 0 Å². The highest BCUT2D eigenvalue weighted by molar-refractivity contribution is 7.97. The summed E-state index contributed by atoms with van der Waals surface area (Å²) in [6.45, 7) is 1.52. The first kappa shape index (κ1) is 16.1. The average molecular weight is 330 g/mol. The minimum atomic E-state index is -0.0647. The predicted octanol–water partition coefficient (Wildman–Crippen LogP) is 2.22. The van der Waals surface area contributed by atoms with E-state index in [0.717, 1.165) is 23.5 Å². The molecule has 0 saturated carbocycles. The normalized spacial score (nSPS) is 20.6. The number of hydrogen-bond donors (Lipinski definition) is 2. The van der Waals surface area contributed by atoms with Gasteiger partial charge < -0.3 is 10.6 Å². The minimum absolute atomic E-state index is 0.0647. The maximum Gasteiger partial charge on any atom is 0.229 e. The first-order valence-corrected chi connectivity index (χ1v) is 9.15. The van der Waals surface area contributed by atoms with E-state index < -0.39 is 0 Å². The molecular weight excluding hydrogens is 308 g/mol. The fourth-order valence-corrected chi connectivity index (χ4v) is 3.55. The van der Waals surface area contributed by atoms with Gasteiger partial charge in [-0.2, -0.15) is 16.9 Å². The fraction of sp³-hybridized carbons (Fsp3) is 0.412. The van der Waals surface area contributed by atoms with E-state index in [1.807, 2.05) is 31.6 Å². The lowest BCUT2D eigenvalue weighted by Gasteiger charge is -2.17. The third kappa shape index (κ3) is 3.76. The molecule has 2 atom stereocenters. The van der Waals surface area contributed by atoms with Crippen LogP contribution in [0.15, 0.2) is 36.7 Å². The number of carbonyl (C=O) groups excluding carboxylic acids is 1. The number of amides is 1. The standard InChI is InChI=1S/C17H22N4OS/c1-21-10-13(7-19-21)15-8-18-9-16(15)17(22)20-14-5-3-12(4-6-14)11-23-2/h3-7,10,15-16,18H,8-9,11H2,1-2H3,(H,20,22)/t15-,16+/m1/s1. The number of thioether (sulfide) groups is 1. The molecule has 1 amide bonds. The summed E-state index contributed by atoms with van der Waals surface area (Å²) >= 11 is 1.79. The highest BCUT2D eigenvalue weighted by Crippen LogP contribution is 2.29. The molecular formula is C17H22N4OS. The Morgan fingerprint density at radius 3 is 2.83 bits per heavy atom. The highest BCUT2D eigenvalue weighted by atomic mass is 32.2. The molecule has 5 nitrogen and oxygen atoms in total. The molecule has 1 aromatic heterocycles. The molecule has 0 spiro atoms. The highest BCUT2D eigenvalue weighted by Gasteiger charge is 2.34. The van der Waals surface area contributed by atoms with Crippen LogP contribution in [-0.2, 0) is 17.6 Å². The Hall–Kier alpha value is -1.79. The van der Waals surface area contributed by atoms with Crippen molar-refractivity contribution < 1.29 is 4.79 Å². The van der Waals surface area contributed by atoms with Crippen molar-refractivity contribution in [1.82, 2.24) is 15.1 Å². The van der Waals surface area contributed by atoms with Crippen LogP contribution >= 0.6 is 11.8 Å². The molecule has 1 fully saturated rings. The lowest BCUT2D eigenvalue weighted by molar-refractivity contribution is -0.119. The molecule has 2 N–H and O–H groups in total. The summed E-state index contributed by atoms with van der Waals surface area (Å²) in [6.07, 6.45) is 5.94. The van der Waals surface area contributed by atoms with Gasteiger partial charge in [0.2, 0.25) is 5.91 Å². The Morgan fingerprint density at radius 2 is 2.17 bits per heavy atom. The molecule has 0 radical (unpaired) electrons. The summed E-state index contributed by atoms with van der Waals surface area (Å²) in [4.78, 5) is 12.6. The van der Waals surface area contributed by atoms with E-state index in [1.165, 1.54) is 5.56 Å². The molecule has 1 aromatic carbocycles. The van der Waals surface area contributed by atoms with E-state index in [-0.39, 0.29) is 17.7 Å². The lowest BCUT2D eigenvalue weighted by Crippen LogP contribution is -2.28. The Morgan fingerprint density at radius 1 is 1.39 bits per heavy atom. The van der Waals surface area contributed by atoms with E-state index in [9.17, 15) is 4.79 Å². The third-order valence-corrected chi connectivity index (χ3v) is 4.86. The molecule has 3 rings (SSSR count). The van der Waals surface area contributed by atoms with E-state index in [0.29, 0.717) is 6.54 Å². The number of anilines is 1. The van der Waals surface area contributed by atoms with E-state index in [2.05, 4.69) is 34.1 Å². The summed E-state index contributed by atoms with van der Waals surface area (Å²) in [5.74, 6) is 1.18. The van der Waals surface area contributed by atoms with Gasteiger partial charge in [0.25, 0.3) is 0 Å². The van der Waals surface area contributed by atoms with Gasteiger partial charge in [-0.3, -0.25) is 9.48 Å². The van der Waals surface area contributed by atoms with Gasteiger partial charge in [0.1, 0.15) is 0 Å². The molecule has 0 bridgehead atoms. The average Bonchev–Trinajstić information content (AvgIpc) is 3.18. The van der Waals surface area contributed by atoms with Crippen LogP contribution in [0.4, 0.5) is 5.69 Å². The Kier molecular flexibility index (Phi) is 5.03. The van der Waals surface area contributed by atoms with Gasteiger partial charge in [-0.15, -0.1) is 0 Å². The SMILES string of the molecule is CSCc1ccc(NC(=O)[C@H]2CNC[C@@H]2c2cnn(C)c2)cc1. The molecule has 23 heavy (non-hydrogen) atoms. The van der Waals surface area contributed by atoms with Crippen LogP contribution in [-0.4, -0.2) is 35.0 Å². The van der Waals surface area contributed by atoms with Crippen molar-refractivity contribution in [3.05, 3.63) is 47.8 Å². The number of hydrogen-bond acceptors (Lipinski definition) is 4. The van der Waals surface area contributed by atoms with Crippen molar-refractivity contribution in [2.45, 2.75) is 11.7 Å². The molecule has 2 aromatic rings. The zero-order chi connectivity index (χ0) is 16.2. The van der Waals surface area contributed by atoms with Crippen LogP contribution in [0.25, 0.3) is 0 Å². The van der Waals surface area contributed by atoms with Crippen molar-refractivity contribution in [3.63, 3.8) is 0 Å². The molecule has 1 aliphatic rings. The third-order valence-electron chi connectivity index (χ3n) is 4.24. The molecule has 0 unspecified atom stereocenters. The number of nitrogens with zero attached hydrogens (tertiary/aromatic N) is 2. The van der Waals surface area contributed by atoms with Crippen molar-refractivity contribution in [2.24, 2.45) is 13.0 Å².